The van der Waals surface area contributed by atoms with E-state index in [1.165, 1.54) is 0 Å². The number of aliphatic carboxylic acids is 1. The van der Waals surface area contributed by atoms with E-state index >= 15 is 0 Å². The highest BCUT2D eigenvalue weighted by atomic mass is 16.8. The zero-order chi connectivity index (χ0) is 24.0. The molecule has 34 heavy (non-hydrogen) atoms. The van der Waals surface area contributed by atoms with Crippen molar-refractivity contribution in [2.75, 3.05) is 6.61 Å². The minimum Gasteiger partial charge on any atom is -0.479 e. The molecule has 0 saturated carbocycles. The molecule has 3 atom stereocenters. The molecule has 6 nitrogen and oxygen atoms in total. The van der Waals surface area contributed by atoms with Gasteiger partial charge < -0.3 is 19.3 Å². The number of nitrogens with zero attached hydrogens (tertiary/aromatic N) is 1. The fourth-order valence-electron chi connectivity index (χ4n) is 4.01. The van der Waals surface area contributed by atoms with Gasteiger partial charge in [-0.1, -0.05) is 91.0 Å². The molecule has 0 amide bonds. The highest BCUT2D eigenvalue weighted by Gasteiger charge is 2.49. The summed E-state index contributed by atoms with van der Waals surface area (Å²) in [6.45, 7) is 3.98. The first-order valence-corrected chi connectivity index (χ1v) is 11.3. The average molecular weight is 460 g/mol. The third-order valence-corrected chi connectivity index (χ3v) is 5.54. The second-order valence-corrected chi connectivity index (χ2v) is 8.64. The zero-order valence-corrected chi connectivity index (χ0v) is 19.3. The van der Waals surface area contributed by atoms with Crippen LogP contribution in [0.15, 0.2) is 96.0 Å². The maximum atomic E-state index is 12.0. The number of hydrogen-bond acceptors (Lipinski definition) is 5. The number of ether oxygens (including phenoxy) is 3. The lowest BCUT2D eigenvalue weighted by atomic mass is 10.0. The van der Waals surface area contributed by atoms with E-state index < -0.39 is 30.0 Å². The Hall–Kier alpha value is -3.32. The Morgan fingerprint density at radius 1 is 0.912 bits per heavy atom. The Balaban J connectivity index is 1.70. The Morgan fingerprint density at radius 2 is 1.44 bits per heavy atom. The van der Waals surface area contributed by atoms with Gasteiger partial charge in [0.15, 0.2) is 11.9 Å². The first kappa shape index (κ1) is 23.8. The van der Waals surface area contributed by atoms with Crippen LogP contribution in [-0.2, 0) is 25.6 Å². The SMILES string of the molecule is CC1(C)O[C@H](C(=O)O)[C@H](C(COCc2ccccc2)N=C(c2ccccc2)c2ccccc2)O1. The predicted molar refractivity (Wildman–Crippen MR) is 130 cm³/mol. The molecule has 1 fully saturated rings. The average Bonchev–Trinajstić information content (AvgIpc) is 3.18. The molecule has 1 aliphatic heterocycles. The van der Waals surface area contributed by atoms with Crippen LogP contribution < -0.4 is 0 Å². The van der Waals surface area contributed by atoms with E-state index in [-0.39, 0.29) is 6.61 Å². The van der Waals surface area contributed by atoms with Crippen molar-refractivity contribution in [2.45, 2.75) is 44.5 Å². The zero-order valence-electron chi connectivity index (χ0n) is 19.3. The van der Waals surface area contributed by atoms with Gasteiger partial charge in [-0.2, -0.15) is 0 Å². The Morgan fingerprint density at radius 3 is 1.97 bits per heavy atom. The Kier molecular flexibility index (Phi) is 7.53. The molecule has 1 saturated heterocycles. The van der Waals surface area contributed by atoms with E-state index in [1.54, 1.807) is 13.8 Å². The molecular formula is C28H29NO5. The minimum atomic E-state index is -1.16. The summed E-state index contributed by atoms with van der Waals surface area (Å²) < 4.78 is 17.8. The number of rotatable bonds is 9. The molecule has 0 radical (unpaired) electrons. The lowest BCUT2D eigenvalue weighted by molar-refractivity contribution is -0.166. The van der Waals surface area contributed by atoms with Crippen LogP contribution in [0.3, 0.4) is 0 Å². The standard InChI is InChI=1S/C28H29NO5/c1-28(2)33-25(26(34-28)27(30)31)23(19-32-18-20-12-6-3-7-13-20)29-24(21-14-8-4-9-15-21)22-16-10-5-11-17-22/h3-17,23,25-26H,18-19H2,1-2H3,(H,30,31)/t23?,25-,26-/m0/s1. The van der Waals surface area contributed by atoms with Gasteiger partial charge in [0, 0.05) is 11.1 Å². The quantitative estimate of drug-likeness (QED) is 0.469. The lowest BCUT2D eigenvalue weighted by Crippen LogP contribution is -2.42. The summed E-state index contributed by atoms with van der Waals surface area (Å²) in [4.78, 5) is 17.1. The summed E-state index contributed by atoms with van der Waals surface area (Å²) in [5, 5.41) is 9.84. The second kappa shape index (κ2) is 10.7. The number of carboxylic acid groups (broad SMARTS) is 1. The van der Waals surface area contributed by atoms with Gasteiger partial charge in [0.05, 0.1) is 18.9 Å². The van der Waals surface area contributed by atoms with Gasteiger partial charge in [-0.25, -0.2) is 4.79 Å². The summed E-state index contributed by atoms with van der Waals surface area (Å²) >= 11 is 0. The van der Waals surface area contributed by atoms with E-state index in [0.29, 0.717) is 6.61 Å². The van der Waals surface area contributed by atoms with Gasteiger partial charge >= 0.3 is 5.97 Å². The maximum Gasteiger partial charge on any atom is 0.335 e. The second-order valence-electron chi connectivity index (χ2n) is 8.64. The van der Waals surface area contributed by atoms with Gasteiger partial charge in [-0.3, -0.25) is 4.99 Å². The first-order chi connectivity index (χ1) is 16.4. The van der Waals surface area contributed by atoms with Gasteiger partial charge in [0.25, 0.3) is 0 Å². The van der Waals surface area contributed by atoms with Crippen molar-refractivity contribution in [3.05, 3.63) is 108 Å². The molecule has 176 valence electrons. The molecule has 1 aliphatic rings. The number of aliphatic imine (C=N–C) groups is 1. The van der Waals surface area contributed by atoms with Crippen LogP contribution in [0.1, 0.15) is 30.5 Å². The van der Waals surface area contributed by atoms with Crippen molar-refractivity contribution in [1.29, 1.82) is 0 Å². The fourth-order valence-corrected chi connectivity index (χ4v) is 4.01. The number of benzene rings is 3. The normalized spacial score (nSPS) is 19.9. The number of carboxylic acids is 1. The van der Waals surface area contributed by atoms with Crippen LogP contribution in [0.25, 0.3) is 0 Å². The van der Waals surface area contributed by atoms with Crippen molar-refractivity contribution in [1.82, 2.24) is 0 Å². The van der Waals surface area contributed by atoms with Gasteiger partial charge in [0.1, 0.15) is 12.1 Å². The molecular weight excluding hydrogens is 430 g/mol. The van der Waals surface area contributed by atoms with E-state index in [2.05, 4.69) is 0 Å². The van der Waals surface area contributed by atoms with E-state index in [0.717, 1.165) is 22.4 Å². The van der Waals surface area contributed by atoms with Crippen molar-refractivity contribution in [2.24, 2.45) is 4.99 Å². The molecule has 1 N–H and O–H groups in total. The van der Waals surface area contributed by atoms with E-state index in [4.69, 9.17) is 19.2 Å². The summed E-state index contributed by atoms with van der Waals surface area (Å²) in [5.74, 6) is -2.12. The molecule has 0 spiro atoms. The Labute approximate surface area is 199 Å². The van der Waals surface area contributed by atoms with Crippen molar-refractivity contribution >= 4 is 11.7 Å². The van der Waals surface area contributed by atoms with E-state index in [1.807, 2.05) is 91.0 Å². The molecule has 3 aromatic carbocycles. The maximum absolute atomic E-state index is 12.0. The van der Waals surface area contributed by atoms with E-state index in [9.17, 15) is 9.90 Å². The molecule has 0 aromatic heterocycles. The van der Waals surface area contributed by atoms with Gasteiger partial charge in [0.2, 0.25) is 0 Å². The van der Waals surface area contributed by atoms with Crippen LogP contribution in [0.5, 0.6) is 0 Å². The minimum absolute atomic E-state index is 0.173. The Bertz CT molecular complexity index is 1060. The topological polar surface area (TPSA) is 77.4 Å². The third kappa shape index (κ3) is 5.97. The van der Waals surface area contributed by atoms with Crippen molar-refractivity contribution in [3.8, 4) is 0 Å². The highest BCUT2D eigenvalue weighted by molar-refractivity contribution is 6.13. The summed E-state index contributed by atoms with van der Waals surface area (Å²) in [6, 6.07) is 28.8. The van der Waals surface area contributed by atoms with Crippen LogP contribution in [0.4, 0.5) is 0 Å². The largest absolute Gasteiger partial charge is 0.479 e. The predicted octanol–water partition coefficient (Wildman–Crippen LogP) is 4.71. The van der Waals surface area contributed by atoms with Gasteiger partial charge in [-0.15, -0.1) is 0 Å². The lowest BCUT2D eigenvalue weighted by Gasteiger charge is -2.24. The highest BCUT2D eigenvalue weighted by Crippen LogP contribution is 2.32. The van der Waals surface area contributed by atoms with Crippen LogP contribution in [0, 0.1) is 0 Å². The fraction of sp³-hybridized carbons (Fsp3) is 0.286. The molecule has 3 aromatic rings. The monoisotopic (exact) mass is 459 g/mol. The molecule has 1 unspecified atom stereocenters. The third-order valence-electron chi connectivity index (χ3n) is 5.54. The van der Waals surface area contributed by atoms with Crippen LogP contribution in [0.2, 0.25) is 0 Å². The molecule has 6 heteroatoms. The molecule has 1 heterocycles. The number of carbonyl (C=O) groups is 1. The van der Waals surface area contributed by atoms with Crippen LogP contribution >= 0.6 is 0 Å². The van der Waals surface area contributed by atoms with Crippen LogP contribution in [-0.4, -0.2) is 47.4 Å². The first-order valence-electron chi connectivity index (χ1n) is 11.3. The summed E-state index contributed by atoms with van der Waals surface area (Å²) in [6.07, 6.45) is -1.97. The summed E-state index contributed by atoms with van der Waals surface area (Å²) in [5.41, 5.74) is 3.61. The smallest absolute Gasteiger partial charge is 0.335 e. The molecule has 0 bridgehead atoms. The van der Waals surface area contributed by atoms with Gasteiger partial charge in [-0.05, 0) is 19.4 Å². The molecule has 4 rings (SSSR count). The number of hydrogen-bond donors (Lipinski definition) is 1. The summed E-state index contributed by atoms with van der Waals surface area (Å²) in [7, 11) is 0. The van der Waals surface area contributed by atoms with Crippen molar-refractivity contribution in [3.63, 3.8) is 0 Å². The molecule has 0 aliphatic carbocycles. The van der Waals surface area contributed by atoms with Crippen molar-refractivity contribution < 1.29 is 24.1 Å².